The SMILES string of the molecule is CC(C)c1nc(Nc2ccnc(Cl)n2)cc2[nH]cnc12. The van der Waals surface area contributed by atoms with Gasteiger partial charge in [0.05, 0.1) is 17.5 Å². The largest absolute Gasteiger partial charge is 0.344 e. The van der Waals surface area contributed by atoms with Crippen LogP contribution in [-0.2, 0) is 0 Å². The third-order valence-electron chi connectivity index (χ3n) is 2.86. The van der Waals surface area contributed by atoms with Gasteiger partial charge in [-0.15, -0.1) is 0 Å². The van der Waals surface area contributed by atoms with E-state index in [1.54, 1.807) is 18.6 Å². The number of aromatic amines is 1. The Kier molecular flexibility index (Phi) is 3.23. The highest BCUT2D eigenvalue weighted by Crippen LogP contribution is 2.25. The van der Waals surface area contributed by atoms with E-state index in [1.165, 1.54) is 0 Å². The molecule has 3 heterocycles. The Labute approximate surface area is 120 Å². The second kappa shape index (κ2) is 5.05. The second-order valence-corrected chi connectivity index (χ2v) is 5.02. The topological polar surface area (TPSA) is 79.4 Å². The maximum atomic E-state index is 5.77. The first kappa shape index (κ1) is 12.8. The standard InChI is InChI=1S/C13H13ClN6/c1-7(2)11-12-8(16-6-17-12)5-10(19-11)18-9-3-4-15-13(14)20-9/h3-7H,1-2H3,(H,16,17)(H,15,18,19,20). The van der Waals surface area contributed by atoms with Crippen molar-refractivity contribution in [1.82, 2.24) is 24.9 Å². The van der Waals surface area contributed by atoms with Crippen LogP contribution in [0.15, 0.2) is 24.7 Å². The molecule has 0 spiro atoms. The second-order valence-electron chi connectivity index (χ2n) is 4.68. The molecular formula is C13H13ClN6. The minimum atomic E-state index is 0.196. The number of anilines is 2. The smallest absolute Gasteiger partial charge is 0.224 e. The Bertz CT molecular complexity index is 751. The maximum Gasteiger partial charge on any atom is 0.224 e. The van der Waals surface area contributed by atoms with E-state index in [9.17, 15) is 0 Å². The van der Waals surface area contributed by atoms with E-state index in [-0.39, 0.29) is 11.2 Å². The normalized spacial score (nSPS) is 11.2. The van der Waals surface area contributed by atoms with E-state index in [1.807, 2.05) is 6.07 Å². The molecule has 0 saturated carbocycles. The van der Waals surface area contributed by atoms with Gasteiger partial charge in [0.15, 0.2) is 0 Å². The van der Waals surface area contributed by atoms with Crippen LogP contribution in [0.25, 0.3) is 11.0 Å². The van der Waals surface area contributed by atoms with Crippen LogP contribution in [0.1, 0.15) is 25.5 Å². The van der Waals surface area contributed by atoms with Gasteiger partial charge in [-0.1, -0.05) is 13.8 Å². The molecule has 3 aromatic rings. The van der Waals surface area contributed by atoms with Gasteiger partial charge in [0, 0.05) is 12.3 Å². The average molecular weight is 289 g/mol. The lowest BCUT2D eigenvalue weighted by atomic mass is 10.1. The highest BCUT2D eigenvalue weighted by Gasteiger charge is 2.12. The summed E-state index contributed by atoms with van der Waals surface area (Å²) in [6.07, 6.45) is 3.26. The van der Waals surface area contributed by atoms with Gasteiger partial charge in [0.2, 0.25) is 5.28 Å². The van der Waals surface area contributed by atoms with Crippen LogP contribution in [0.2, 0.25) is 5.28 Å². The van der Waals surface area contributed by atoms with E-state index in [2.05, 4.69) is 44.1 Å². The molecule has 3 rings (SSSR count). The number of nitrogens with one attached hydrogen (secondary N) is 2. The number of pyridine rings is 1. The summed E-state index contributed by atoms with van der Waals surface area (Å²) >= 11 is 5.77. The van der Waals surface area contributed by atoms with E-state index < -0.39 is 0 Å². The molecule has 0 saturated heterocycles. The average Bonchev–Trinajstić information content (AvgIpc) is 2.85. The minimum absolute atomic E-state index is 0.196. The third kappa shape index (κ3) is 2.42. The lowest BCUT2D eigenvalue weighted by molar-refractivity contribution is 0.833. The van der Waals surface area contributed by atoms with Gasteiger partial charge in [-0.3, -0.25) is 0 Å². The lowest BCUT2D eigenvalue weighted by Crippen LogP contribution is -2.01. The van der Waals surface area contributed by atoms with Crippen molar-refractivity contribution in [2.45, 2.75) is 19.8 Å². The molecule has 102 valence electrons. The van der Waals surface area contributed by atoms with Gasteiger partial charge >= 0.3 is 0 Å². The number of hydrogen-bond acceptors (Lipinski definition) is 5. The van der Waals surface area contributed by atoms with E-state index in [0.717, 1.165) is 16.7 Å². The van der Waals surface area contributed by atoms with Crippen LogP contribution in [0, 0.1) is 0 Å². The van der Waals surface area contributed by atoms with Crippen LogP contribution < -0.4 is 5.32 Å². The first-order chi connectivity index (χ1) is 9.63. The van der Waals surface area contributed by atoms with Crippen molar-refractivity contribution in [2.75, 3.05) is 5.32 Å². The van der Waals surface area contributed by atoms with Gasteiger partial charge < -0.3 is 10.3 Å². The molecule has 6 nitrogen and oxygen atoms in total. The molecule has 7 heteroatoms. The Morgan fingerprint density at radius 1 is 1.20 bits per heavy atom. The number of H-pyrrole nitrogens is 1. The summed E-state index contributed by atoms with van der Waals surface area (Å²) in [5.41, 5.74) is 2.77. The summed E-state index contributed by atoms with van der Waals surface area (Å²) in [7, 11) is 0. The van der Waals surface area contributed by atoms with Crippen molar-refractivity contribution >= 4 is 34.3 Å². The quantitative estimate of drug-likeness (QED) is 0.723. The predicted octanol–water partition coefficient (Wildman–Crippen LogP) is 3.27. The molecule has 3 aromatic heterocycles. The molecule has 0 atom stereocenters. The monoisotopic (exact) mass is 288 g/mol. The Morgan fingerprint density at radius 3 is 2.80 bits per heavy atom. The fourth-order valence-electron chi connectivity index (χ4n) is 1.97. The first-order valence-electron chi connectivity index (χ1n) is 6.23. The van der Waals surface area contributed by atoms with Gasteiger partial charge in [-0.05, 0) is 23.6 Å². The molecule has 0 fully saturated rings. The van der Waals surface area contributed by atoms with E-state index in [4.69, 9.17) is 11.6 Å². The molecule has 0 aliphatic rings. The number of nitrogens with zero attached hydrogens (tertiary/aromatic N) is 4. The molecule has 2 N–H and O–H groups in total. The molecule has 0 aliphatic carbocycles. The summed E-state index contributed by atoms with van der Waals surface area (Å²) in [6, 6.07) is 3.63. The zero-order chi connectivity index (χ0) is 14.1. The van der Waals surface area contributed by atoms with Crippen LogP contribution >= 0.6 is 11.6 Å². The molecule has 0 bridgehead atoms. The zero-order valence-corrected chi connectivity index (χ0v) is 11.8. The molecule has 0 aliphatic heterocycles. The molecule has 20 heavy (non-hydrogen) atoms. The molecule has 0 unspecified atom stereocenters. The first-order valence-corrected chi connectivity index (χ1v) is 6.61. The van der Waals surface area contributed by atoms with Gasteiger partial charge in [-0.2, -0.15) is 0 Å². The van der Waals surface area contributed by atoms with E-state index >= 15 is 0 Å². The number of rotatable bonds is 3. The maximum absolute atomic E-state index is 5.77. The van der Waals surface area contributed by atoms with Crippen molar-refractivity contribution < 1.29 is 0 Å². The highest BCUT2D eigenvalue weighted by molar-refractivity contribution is 6.28. The molecular weight excluding hydrogens is 276 g/mol. The van der Waals surface area contributed by atoms with Crippen molar-refractivity contribution in [3.05, 3.63) is 35.6 Å². The summed E-state index contributed by atoms with van der Waals surface area (Å²) in [5, 5.41) is 3.32. The number of imidazole rings is 1. The summed E-state index contributed by atoms with van der Waals surface area (Å²) in [6.45, 7) is 4.17. The summed E-state index contributed by atoms with van der Waals surface area (Å²) in [5.74, 6) is 1.57. The lowest BCUT2D eigenvalue weighted by Gasteiger charge is -2.10. The van der Waals surface area contributed by atoms with Crippen LogP contribution in [0.4, 0.5) is 11.6 Å². The van der Waals surface area contributed by atoms with Crippen molar-refractivity contribution in [3.63, 3.8) is 0 Å². The van der Waals surface area contributed by atoms with Crippen LogP contribution in [0.5, 0.6) is 0 Å². The fourth-order valence-corrected chi connectivity index (χ4v) is 2.12. The third-order valence-corrected chi connectivity index (χ3v) is 3.04. The van der Waals surface area contributed by atoms with Crippen molar-refractivity contribution in [1.29, 1.82) is 0 Å². The fraction of sp³-hybridized carbons (Fsp3) is 0.231. The highest BCUT2D eigenvalue weighted by atomic mass is 35.5. The number of aromatic nitrogens is 5. The van der Waals surface area contributed by atoms with Gasteiger partial charge in [0.25, 0.3) is 0 Å². The van der Waals surface area contributed by atoms with Crippen LogP contribution in [-0.4, -0.2) is 24.9 Å². The molecule has 0 aromatic carbocycles. The molecule has 0 amide bonds. The van der Waals surface area contributed by atoms with Crippen molar-refractivity contribution in [2.24, 2.45) is 0 Å². The predicted molar refractivity (Wildman–Crippen MR) is 78.3 cm³/mol. The van der Waals surface area contributed by atoms with Gasteiger partial charge in [-0.25, -0.2) is 19.9 Å². The number of halogens is 1. The summed E-state index contributed by atoms with van der Waals surface area (Å²) in [4.78, 5) is 19.9. The van der Waals surface area contributed by atoms with Gasteiger partial charge in [0.1, 0.15) is 17.2 Å². The zero-order valence-electron chi connectivity index (χ0n) is 11.1. The summed E-state index contributed by atoms with van der Waals surface area (Å²) < 4.78 is 0. The minimum Gasteiger partial charge on any atom is -0.344 e. The number of fused-ring (bicyclic) bond motifs is 1. The number of hydrogen-bond donors (Lipinski definition) is 2. The van der Waals surface area contributed by atoms with Crippen LogP contribution in [0.3, 0.4) is 0 Å². The Balaban J connectivity index is 2.03. The Hall–Kier alpha value is -2.21. The van der Waals surface area contributed by atoms with Crippen molar-refractivity contribution in [3.8, 4) is 0 Å². The van der Waals surface area contributed by atoms with E-state index in [0.29, 0.717) is 11.6 Å². The Morgan fingerprint density at radius 2 is 2.05 bits per heavy atom. The molecule has 0 radical (unpaired) electrons.